The van der Waals surface area contributed by atoms with Crippen LogP contribution in [0.1, 0.15) is 17.5 Å². The van der Waals surface area contributed by atoms with Crippen molar-refractivity contribution in [2.75, 3.05) is 18.0 Å². The Morgan fingerprint density at radius 3 is 3.00 bits per heavy atom. The third-order valence-electron chi connectivity index (χ3n) is 3.95. The van der Waals surface area contributed by atoms with Crippen LogP contribution in [0, 0.1) is 11.3 Å². The predicted octanol–water partition coefficient (Wildman–Crippen LogP) is 2.79. The molecule has 112 valence electrons. The van der Waals surface area contributed by atoms with Gasteiger partial charge in [0.25, 0.3) is 0 Å². The number of anilines is 1. The highest BCUT2D eigenvalue weighted by Gasteiger charge is 2.36. The van der Waals surface area contributed by atoms with E-state index in [9.17, 15) is 5.11 Å². The van der Waals surface area contributed by atoms with Gasteiger partial charge in [-0.25, -0.2) is 4.98 Å². The predicted molar refractivity (Wildman–Crippen MR) is 85.9 cm³/mol. The van der Waals surface area contributed by atoms with Crippen molar-refractivity contribution < 1.29 is 5.11 Å². The Balaban J connectivity index is 1.74. The molecule has 0 radical (unpaired) electrons. The molecular weight excluding hydrogens is 298 g/mol. The summed E-state index contributed by atoms with van der Waals surface area (Å²) in [6.45, 7) is 1.22. The van der Waals surface area contributed by atoms with Crippen molar-refractivity contribution in [2.24, 2.45) is 0 Å². The first-order chi connectivity index (χ1) is 10.6. The molecule has 0 bridgehead atoms. The molecule has 0 saturated carbocycles. The molecule has 0 spiro atoms. The smallest absolute Gasteiger partial charge is 0.129 e. The summed E-state index contributed by atoms with van der Waals surface area (Å²) in [4.78, 5) is 6.32. The van der Waals surface area contributed by atoms with E-state index in [1.165, 1.54) is 0 Å². The maximum absolute atomic E-state index is 10.8. The molecule has 1 atom stereocenters. The fourth-order valence-electron chi connectivity index (χ4n) is 2.88. The van der Waals surface area contributed by atoms with Gasteiger partial charge in [0.15, 0.2) is 0 Å². The monoisotopic (exact) mass is 313 g/mol. The van der Waals surface area contributed by atoms with Crippen LogP contribution in [0.4, 0.5) is 5.82 Å². The highest BCUT2D eigenvalue weighted by Crippen LogP contribution is 2.29. The van der Waals surface area contributed by atoms with Gasteiger partial charge in [-0.2, -0.15) is 5.26 Å². The lowest BCUT2D eigenvalue weighted by molar-refractivity contribution is 0.0637. The summed E-state index contributed by atoms with van der Waals surface area (Å²) >= 11 is 6.00. The quantitative estimate of drug-likeness (QED) is 0.946. The minimum Gasteiger partial charge on any atom is -0.388 e. The number of hydrogen-bond donors (Lipinski definition) is 1. The highest BCUT2D eigenvalue weighted by molar-refractivity contribution is 6.30. The Labute approximate surface area is 134 Å². The zero-order valence-electron chi connectivity index (χ0n) is 12.0. The SMILES string of the molecule is N#Cc1ccnc(N2CCC(O)(Cc3cccc(Cl)c3)C2)c1. The normalized spacial score (nSPS) is 20.9. The van der Waals surface area contributed by atoms with Crippen LogP contribution in [0.5, 0.6) is 0 Å². The molecule has 1 aliphatic heterocycles. The second kappa shape index (κ2) is 5.96. The van der Waals surface area contributed by atoms with Gasteiger partial charge in [-0.15, -0.1) is 0 Å². The van der Waals surface area contributed by atoms with Gasteiger partial charge in [0.1, 0.15) is 5.82 Å². The Hall–Kier alpha value is -2.09. The van der Waals surface area contributed by atoms with Crippen LogP contribution < -0.4 is 4.90 Å². The van der Waals surface area contributed by atoms with Gasteiger partial charge in [0, 0.05) is 30.7 Å². The number of nitrogens with zero attached hydrogens (tertiary/aromatic N) is 3. The lowest BCUT2D eigenvalue weighted by atomic mass is 9.94. The molecule has 22 heavy (non-hydrogen) atoms. The van der Waals surface area contributed by atoms with E-state index >= 15 is 0 Å². The van der Waals surface area contributed by atoms with Crippen molar-refractivity contribution in [1.29, 1.82) is 5.26 Å². The van der Waals surface area contributed by atoms with Gasteiger partial charge in [-0.1, -0.05) is 23.7 Å². The van der Waals surface area contributed by atoms with Crippen molar-refractivity contribution in [3.63, 3.8) is 0 Å². The molecule has 1 N–H and O–H groups in total. The summed E-state index contributed by atoms with van der Waals surface area (Å²) < 4.78 is 0. The molecule has 1 aromatic carbocycles. The number of pyridine rings is 1. The first-order valence-corrected chi connectivity index (χ1v) is 7.54. The van der Waals surface area contributed by atoms with Crippen LogP contribution in [0.25, 0.3) is 0 Å². The van der Waals surface area contributed by atoms with Crippen LogP contribution in [-0.2, 0) is 6.42 Å². The second-order valence-electron chi connectivity index (χ2n) is 5.72. The molecule has 2 aromatic rings. The zero-order valence-corrected chi connectivity index (χ0v) is 12.8. The second-order valence-corrected chi connectivity index (χ2v) is 6.15. The summed E-state index contributed by atoms with van der Waals surface area (Å²) in [5.41, 5.74) is 0.806. The molecular formula is C17H16ClN3O. The van der Waals surface area contributed by atoms with Gasteiger partial charge in [-0.05, 0) is 36.2 Å². The van der Waals surface area contributed by atoms with Crippen LogP contribution in [-0.4, -0.2) is 28.8 Å². The largest absolute Gasteiger partial charge is 0.388 e. The average molecular weight is 314 g/mol. The fraction of sp³-hybridized carbons (Fsp3) is 0.294. The van der Waals surface area contributed by atoms with E-state index < -0.39 is 5.60 Å². The van der Waals surface area contributed by atoms with Crippen LogP contribution in [0.15, 0.2) is 42.6 Å². The van der Waals surface area contributed by atoms with Gasteiger partial charge in [-0.3, -0.25) is 0 Å². The molecule has 1 unspecified atom stereocenters. The van der Waals surface area contributed by atoms with Gasteiger partial charge in [0.2, 0.25) is 0 Å². The number of benzene rings is 1. The summed E-state index contributed by atoms with van der Waals surface area (Å²) in [7, 11) is 0. The van der Waals surface area contributed by atoms with Crippen LogP contribution in [0.3, 0.4) is 0 Å². The molecule has 1 aromatic heterocycles. The summed E-state index contributed by atoms with van der Waals surface area (Å²) in [5.74, 6) is 0.737. The maximum atomic E-state index is 10.8. The summed E-state index contributed by atoms with van der Waals surface area (Å²) in [5, 5.41) is 20.5. The Morgan fingerprint density at radius 2 is 2.23 bits per heavy atom. The minimum atomic E-state index is -0.797. The molecule has 5 heteroatoms. The van der Waals surface area contributed by atoms with E-state index in [1.54, 1.807) is 18.3 Å². The van der Waals surface area contributed by atoms with Gasteiger partial charge < -0.3 is 10.0 Å². The molecule has 4 nitrogen and oxygen atoms in total. The fourth-order valence-corrected chi connectivity index (χ4v) is 3.10. The topological polar surface area (TPSA) is 60.2 Å². The molecule has 1 saturated heterocycles. The lowest BCUT2D eigenvalue weighted by Crippen LogP contribution is -2.35. The molecule has 1 fully saturated rings. The highest BCUT2D eigenvalue weighted by atomic mass is 35.5. The molecule has 0 amide bonds. The van der Waals surface area contributed by atoms with Crippen molar-refractivity contribution in [2.45, 2.75) is 18.4 Å². The number of nitriles is 1. The molecule has 3 rings (SSSR count). The number of rotatable bonds is 3. The Kier molecular flexibility index (Phi) is 4.02. The van der Waals surface area contributed by atoms with E-state index in [-0.39, 0.29) is 0 Å². The summed E-state index contributed by atoms with van der Waals surface area (Å²) in [6, 6.07) is 13.1. The van der Waals surface area contributed by atoms with E-state index in [4.69, 9.17) is 16.9 Å². The van der Waals surface area contributed by atoms with Crippen LogP contribution >= 0.6 is 11.6 Å². The van der Waals surface area contributed by atoms with Crippen molar-refractivity contribution in [3.8, 4) is 6.07 Å². The number of aromatic nitrogens is 1. The lowest BCUT2D eigenvalue weighted by Gasteiger charge is -2.24. The van der Waals surface area contributed by atoms with E-state index in [0.717, 1.165) is 17.9 Å². The molecule has 2 heterocycles. The number of aliphatic hydroxyl groups is 1. The van der Waals surface area contributed by atoms with Crippen molar-refractivity contribution >= 4 is 17.4 Å². The standard InChI is InChI=1S/C17H16ClN3O/c18-15-3-1-2-13(8-15)10-17(22)5-7-21(12-17)16-9-14(11-19)4-6-20-16/h1-4,6,8-9,22H,5,7,10,12H2. The van der Waals surface area contributed by atoms with Crippen molar-refractivity contribution in [1.82, 2.24) is 4.98 Å². The Bertz CT molecular complexity index is 728. The average Bonchev–Trinajstić information content (AvgIpc) is 2.89. The number of hydrogen-bond acceptors (Lipinski definition) is 4. The molecule has 1 aliphatic rings. The first kappa shape index (κ1) is 14.8. The van der Waals surface area contributed by atoms with Gasteiger partial charge >= 0.3 is 0 Å². The molecule has 0 aliphatic carbocycles. The third-order valence-corrected chi connectivity index (χ3v) is 4.19. The van der Waals surface area contributed by atoms with Gasteiger partial charge in [0.05, 0.1) is 17.2 Å². The van der Waals surface area contributed by atoms with E-state index in [0.29, 0.717) is 30.0 Å². The number of β-amino-alcohol motifs (C(OH)–C–C–N with tert-alkyl or cyclic N) is 1. The Morgan fingerprint density at radius 1 is 1.36 bits per heavy atom. The zero-order chi connectivity index (χ0) is 15.6. The van der Waals surface area contributed by atoms with Crippen molar-refractivity contribution in [3.05, 3.63) is 58.7 Å². The maximum Gasteiger partial charge on any atom is 0.129 e. The minimum absolute atomic E-state index is 0.501. The third kappa shape index (κ3) is 3.22. The number of halogens is 1. The van der Waals surface area contributed by atoms with E-state index in [2.05, 4.69) is 11.1 Å². The van der Waals surface area contributed by atoms with E-state index in [1.807, 2.05) is 29.2 Å². The van der Waals surface area contributed by atoms with Crippen LogP contribution in [0.2, 0.25) is 5.02 Å². The summed E-state index contributed by atoms with van der Waals surface area (Å²) in [6.07, 6.45) is 2.85. The first-order valence-electron chi connectivity index (χ1n) is 7.16.